The first-order valence-corrected chi connectivity index (χ1v) is 8.66. The molecule has 0 aliphatic heterocycles. The summed E-state index contributed by atoms with van der Waals surface area (Å²) in [5.74, 6) is 0. The fraction of sp³-hybridized carbons (Fsp3) is 0.0625. The lowest BCUT2D eigenvalue weighted by Gasteiger charge is -2.03. The SMILES string of the molecule is Cc1csc(-c2c[n+]([O-])n3ccc(-c4ccc(Cl)c(Cl)c4)nc23)n1. The van der Waals surface area contributed by atoms with Crippen molar-refractivity contribution in [1.29, 1.82) is 0 Å². The maximum Gasteiger partial charge on any atom is 0.222 e. The van der Waals surface area contributed by atoms with Crippen molar-refractivity contribution in [1.82, 2.24) is 14.5 Å². The third-order valence-electron chi connectivity index (χ3n) is 3.57. The van der Waals surface area contributed by atoms with E-state index in [1.807, 2.05) is 18.4 Å². The zero-order valence-electron chi connectivity index (χ0n) is 12.4. The van der Waals surface area contributed by atoms with Crippen LogP contribution in [0.1, 0.15) is 5.69 Å². The number of halogens is 2. The number of nitrogens with zero attached hydrogens (tertiary/aromatic N) is 4. The highest BCUT2D eigenvalue weighted by Gasteiger charge is 2.19. The van der Waals surface area contributed by atoms with Gasteiger partial charge in [0.2, 0.25) is 11.8 Å². The fourth-order valence-electron chi connectivity index (χ4n) is 2.43. The Labute approximate surface area is 151 Å². The molecule has 24 heavy (non-hydrogen) atoms. The minimum Gasteiger partial charge on any atom is -0.596 e. The van der Waals surface area contributed by atoms with Crippen molar-refractivity contribution in [2.75, 3.05) is 0 Å². The van der Waals surface area contributed by atoms with Crippen LogP contribution in [0.5, 0.6) is 0 Å². The minimum atomic E-state index is 0.459. The highest BCUT2D eigenvalue weighted by molar-refractivity contribution is 7.13. The third-order valence-corrected chi connectivity index (χ3v) is 5.31. The average Bonchev–Trinajstić information content (AvgIpc) is 3.13. The van der Waals surface area contributed by atoms with Crippen LogP contribution in [-0.4, -0.2) is 14.5 Å². The quantitative estimate of drug-likeness (QED) is 0.385. The Kier molecular flexibility index (Phi) is 3.68. The number of benzene rings is 1. The number of thiazole rings is 1. The Balaban J connectivity index is 1.92. The summed E-state index contributed by atoms with van der Waals surface area (Å²) < 4.78 is 1.44. The van der Waals surface area contributed by atoms with Crippen molar-refractivity contribution in [3.8, 4) is 21.8 Å². The molecule has 0 spiro atoms. The van der Waals surface area contributed by atoms with Gasteiger partial charge in [0.05, 0.1) is 21.9 Å². The van der Waals surface area contributed by atoms with E-state index in [2.05, 4.69) is 9.97 Å². The van der Waals surface area contributed by atoms with Crippen LogP contribution in [-0.2, 0) is 0 Å². The van der Waals surface area contributed by atoms with Gasteiger partial charge in [0.15, 0.2) is 0 Å². The molecule has 3 aromatic heterocycles. The van der Waals surface area contributed by atoms with Gasteiger partial charge in [0.1, 0.15) is 10.6 Å². The molecule has 4 aromatic rings. The summed E-state index contributed by atoms with van der Waals surface area (Å²) >= 11 is 13.5. The minimum absolute atomic E-state index is 0.459. The topological polar surface area (TPSA) is 57.1 Å². The van der Waals surface area contributed by atoms with E-state index >= 15 is 0 Å². The lowest BCUT2D eigenvalue weighted by molar-refractivity contribution is -0.676. The number of hydrogen-bond acceptors (Lipinski definition) is 4. The molecule has 0 amide bonds. The lowest BCUT2D eigenvalue weighted by atomic mass is 10.1. The van der Waals surface area contributed by atoms with Crippen LogP contribution in [0.3, 0.4) is 0 Å². The van der Waals surface area contributed by atoms with Crippen molar-refractivity contribution in [3.63, 3.8) is 0 Å². The van der Waals surface area contributed by atoms with Gasteiger partial charge in [0, 0.05) is 16.6 Å². The monoisotopic (exact) mass is 376 g/mol. The van der Waals surface area contributed by atoms with Crippen molar-refractivity contribution >= 4 is 40.2 Å². The third kappa shape index (κ3) is 2.53. The van der Waals surface area contributed by atoms with Crippen molar-refractivity contribution in [2.45, 2.75) is 6.92 Å². The molecule has 0 N–H and O–H groups in total. The van der Waals surface area contributed by atoms with Crippen LogP contribution in [0, 0.1) is 12.1 Å². The molecule has 0 radical (unpaired) electrons. The first-order valence-electron chi connectivity index (χ1n) is 7.02. The fourth-order valence-corrected chi connectivity index (χ4v) is 3.53. The van der Waals surface area contributed by atoms with Gasteiger partial charge in [-0.1, -0.05) is 38.6 Å². The van der Waals surface area contributed by atoms with Crippen molar-refractivity contribution in [3.05, 3.63) is 63.0 Å². The van der Waals surface area contributed by atoms with Gasteiger partial charge in [-0.05, 0) is 25.1 Å². The normalized spacial score (nSPS) is 11.3. The van der Waals surface area contributed by atoms with E-state index < -0.39 is 0 Å². The first-order chi connectivity index (χ1) is 11.5. The second-order valence-corrected chi connectivity index (χ2v) is 6.92. The van der Waals surface area contributed by atoms with Gasteiger partial charge in [-0.3, -0.25) is 0 Å². The predicted molar refractivity (Wildman–Crippen MR) is 95.5 cm³/mol. The van der Waals surface area contributed by atoms with E-state index in [9.17, 15) is 5.21 Å². The van der Waals surface area contributed by atoms with Crippen LogP contribution in [0.15, 0.2) is 42.0 Å². The molecule has 0 aliphatic carbocycles. The molecule has 0 saturated heterocycles. The molecule has 0 saturated carbocycles. The second kappa shape index (κ2) is 5.73. The van der Waals surface area contributed by atoms with Crippen LogP contribution in [0.4, 0.5) is 0 Å². The average molecular weight is 377 g/mol. The molecule has 0 fully saturated rings. The molecular formula is C16H10Cl2N4OS. The van der Waals surface area contributed by atoms with E-state index in [1.165, 1.54) is 22.0 Å². The Morgan fingerprint density at radius 3 is 2.71 bits per heavy atom. The highest BCUT2D eigenvalue weighted by Crippen LogP contribution is 2.30. The molecule has 0 bridgehead atoms. The smallest absolute Gasteiger partial charge is 0.222 e. The Bertz CT molecular complexity index is 1070. The summed E-state index contributed by atoms with van der Waals surface area (Å²) in [6, 6.07) is 7.08. The van der Waals surface area contributed by atoms with E-state index in [0.29, 0.717) is 26.9 Å². The number of aromatic nitrogens is 4. The lowest BCUT2D eigenvalue weighted by Crippen LogP contribution is -2.31. The zero-order chi connectivity index (χ0) is 16.8. The van der Waals surface area contributed by atoms with Crippen molar-refractivity contribution in [2.24, 2.45) is 0 Å². The maximum atomic E-state index is 12.1. The van der Waals surface area contributed by atoms with Gasteiger partial charge >= 0.3 is 0 Å². The summed E-state index contributed by atoms with van der Waals surface area (Å²) in [6.45, 7) is 1.91. The zero-order valence-corrected chi connectivity index (χ0v) is 14.7. The number of rotatable bonds is 2. The Morgan fingerprint density at radius 2 is 2.00 bits per heavy atom. The standard InChI is InChI=1S/C16H10Cl2N4OS/c1-9-8-24-16(19-9)11-7-22(23)21-5-4-14(20-15(11)21)10-2-3-12(17)13(18)6-10/h2-8H,1H3. The van der Waals surface area contributed by atoms with Gasteiger partial charge in [-0.2, -0.15) is 0 Å². The summed E-state index contributed by atoms with van der Waals surface area (Å²) in [5, 5.41) is 15.8. The summed E-state index contributed by atoms with van der Waals surface area (Å²) in [5.41, 5.74) is 3.68. The second-order valence-electron chi connectivity index (χ2n) is 5.25. The Morgan fingerprint density at radius 1 is 1.17 bits per heavy atom. The van der Waals surface area contributed by atoms with E-state index in [0.717, 1.165) is 21.1 Å². The van der Waals surface area contributed by atoms with E-state index in [1.54, 1.807) is 24.4 Å². The van der Waals surface area contributed by atoms with Crippen molar-refractivity contribution < 1.29 is 4.85 Å². The maximum absolute atomic E-state index is 12.1. The Hall–Kier alpha value is -2.15. The molecule has 0 atom stereocenters. The number of fused-ring (bicyclic) bond motifs is 1. The predicted octanol–water partition coefficient (Wildman–Crippen LogP) is 4.37. The van der Waals surface area contributed by atoms with Crippen LogP contribution in [0.25, 0.3) is 27.5 Å². The number of hydrogen-bond donors (Lipinski definition) is 0. The molecule has 120 valence electrons. The van der Waals surface area contributed by atoms with Gasteiger partial charge in [-0.25, -0.2) is 9.97 Å². The highest BCUT2D eigenvalue weighted by atomic mass is 35.5. The first kappa shape index (κ1) is 15.4. The van der Waals surface area contributed by atoms with Crippen LogP contribution < -0.4 is 4.85 Å². The molecule has 0 aliphatic rings. The largest absolute Gasteiger partial charge is 0.596 e. The van der Waals surface area contributed by atoms with Crippen LogP contribution >= 0.6 is 34.5 Å². The van der Waals surface area contributed by atoms with Gasteiger partial charge in [0.25, 0.3) is 0 Å². The van der Waals surface area contributed by atoms with Gasteiger partial charge < -0.3 is 5.21 Å². The van der Waals surface area contributed by atoms with E-state index in [4.69, 9.17) is 23.2 Å². The molecule has 1 aromatic carbocycles. The van der Waals surface area contributed by atoms with Crippen LogP contribution in [0.2, 0.25) is 10.0 Å². The van der Waals surface area contributed by atoms with E-state index in [-0.39, 0.29) is 0 Å². The molecule has 5 nitrogen and oxygen atoms in total. The molecule has 0 unspecified atom stereocenters. The summed E-state index contributed by atoms with van der Waals surface area (Å²) in [7, 11) is 0. The molecule has 4 rings (SSSR count). The summed E-state index contributed by atoms with van der Waals surface area (Å²) in [4.78, 5) is 9.82. The molecule has 3 heterocycles. The summed E-state index contributed by atoms with van der Waals surface area (Å²) in [6.07, 6.45) is 3.16. The number of aryl methyl sites for hydroxylation is 1. The molecular weight excluding hydrogens is 367 g/mol. The van der Waals surface area contributed by atoms with Gasteiger partial charge in [-0.15, -0.1) is 11.3 Å². The molecule has 8 heteroatoms.